The molecule has 0 aliphatic heterocycles. The van der Waals surface area contributed by atoms with Crippen molar-refractivity contribution >= 4 is 0 Å². The van der Waals surface area contributed by atoms with E-state index in [1.54, 1.807) is 0 Å². The Labute approximate surface area is 625 Å². The van der Waals surface area contributed by atoms with E-state index in [1.807, 2.05) is 0 Å². The van der Waals surface area contributed by atoms with E-state index in [-0.39, 0.29) is 0 Å². The van der Waals surface area contributed by atoms with Crippen molar-refractivity contribution in [1.82, 2.24) is 14.7 Å². The lowest BCUT2D eigenvalue weighted by Crippen LogP contribution is -2.44. The Balaban J connectivity index is 5.37. The lowest BCUT2D eigenvalue weighted by atomic mass is 10.0. The van der Waals surface area contributed by atoms with Gasteiger partial charge in [-0.05, 0) is 161 Å². The summed E-state index contributed by atoms with van der Waals surface area (Å²) < 4.78 is 0. The van der Waals surface area contributed by atoms with Crippen molar-refractivity contribution in [2.75, 3.05) is 59.4 Å². The molecule has 0 rings (SSSR count). The summed E-state index contributed by atoms with van der Waals surface area (Å²) in [7, 11) is 2.20. The molecule has 0 aromatic carbocycles. The summed E-state index contributed by atoms with van der Waals surface area (Å²) >= 11 is 0. The van der Waals surface area contributed by atoms with E-state index >= 15 is 0 Å². The fraction of sp³-hybridized carbons (Fsp3) is 0.828. The zero-order valence-corrected chi connectivity index (χ0v) is 67.8. The number of aliphatic hydroxyl groups is 4. The van der Waals surface area contributed by atoms with Crippen molar-refractivity contribution in [3.63, 3.8) is 0 Å². The standard InChI is InChI=1S/C93H175N3O4/c1-6-10-14-18-22-26-30-34-38-42-46-50-54-58-62-66-70-74-78-90(97)86-95(87-91(98)79-75-71-67-63-59-55-51-47-43-39-35-31-27-23-19-15-11-7-2)84-82-94(5)83-85-96(88-92(99)80-76-72-68-64-60-56-52-48-44-40-36-32-28-24-20-16-12-8-3)89-93(100)81-77-73-69-65-61-57-53-49-45-41-37-33-29-25-21-17-13-9-4/h30-37,42-49,90-93,97-100H,6-29,38-41,50-89H2,1-5H3/b34-30-,35-31-,36-32-,37-33-,46-42-,47-43-,48-44-,49-45-. The number of hydrogen-bond donors (Lipinski definition) is 4. The predicted octanol–water partition coefficient (Wildman–Crippen LogP) is 26.9. The highest BCUT2D eigenvalue weighted by Gasteiger charge is 2.19. The minimum atomic E-state index is -0.397. The molecule has 100 heavy (non-hydrogen) atoms. The number of aliphatic hydroxyl groups excluding tert-OH is 4. The van der Waals surface area contributed by atoms with Crippen molar-refractivity contribution in [2.45, 2.75) is 437 Å². The topological polar surface area (TPSA) is 90.6 Å². The molecule has 4 unspecified atom stereocenters. The van der Waals surface area contributed by atoms with Gasteiger partial charge in [-0.3, -0.25) is 9.80 Å². The first-order valence-corrected chi connectivity index (χ1v) is 44.3. The largest absolute Gasteiger partial charge is 0.392 e. The third kappa shape index (κ3) is 79.8. The van der Waals surface area contributed by atoms with Crippen LogP contribution >= 0.6 is 0 Å². The van der Waals surface area contributed by atoms with Gasteiger partial charge >= 0.3 is 0 Å². The Kier molecular flexibility index (Phi) is 81.9. The van der Waals surface area contributed by atoms with Crippen LogP contribution in [-0.2, 0) is 0 Å². The van der Waals surface area contributed by atoms with E-state index in [4.69, 9.17) is 0 Å². The third-order valence-electron chi connectivity index (χ3n) is 20.4. The minimum absolute atomic E-state index is 0.397. The van der Waals surface area contributed by atoms with Crippen molar-refractivity contribution in [3.8, 4) is 0 Å². The van der Waals surface area contributed by atoms with E-state index in [1.165, 1.54) is 308 Å². The smallest absolute Gasteiger partial charge is 0.0667 e. The zero-order valence-electron chi connectivity index (χ0n) is 67.8. The monoisotopic (exact) mass is 1400 g/mol. The molecule has 0 fully saturated rings. The molecule has 0 bridgehead atoms. The van der Waals surface area contributed by atoms with Gasteiger partial charge in [0.05, 0.1) is 24.4 Å². The van der Waals surface area contributed by atoms with E-state index in [2.05, 4.69) is 147 Å². The summed E-state index contributed by atoms with van der Waals surface area (Å²) in [5, 5.41) is 46.0. The molecular weight excluding hydrogens is 1220 g/mol. The van der Waals surface area contributed by atoms with Gasteiger partial charge in [0, 0.05) is 52.4 Å². The molecule has 0 saturated carbocycles. The van der Waals surface area contributed by atoms with Crippen LogP contribution in [0.5, 0.6) is 0 Å². The molecule has 0 amide bonds. The molecule has 586 valence electrons. The molecule has 7 heteroatoms. The van der Waals surface area contributed by atoms with E-state index in [0.717, 1.165) is 103 Å². The van der Waals surface area contributed by atoms with Gasteiger partial charge in [-0.25, -0.2) is 0 Å². The van der Waals surface area contributed by atoms with Gasteiger partial charge in [0.15, 0.2) is 0 Å². The Morgan fingerprint density at radius 3 is 0.540 bits per heavy atom. The fourth-order valence-corrected chi connectivity index (χ4v) is 13.7. The van der Waals surface area contributed by atoms with Crippen molar-refractivity contribution in [2.24, 2.45) is 0 Å². The van der Waals surface area contributed by atoms with Crippen molar-refractivity contribution < 1.29 is 20.4 Å². The number of allylic oxidation sites excluding steroid dienone is 16. The summed E-state index contributed by atoms with van der Waals surface area (Å²) in [6, 6.07) is 0. The second-order valence-electron chi connectivity index (χ2n) is 30.8. The van der Waals surface area contributed by atoms with Gasteiger partial charge in [-0.15, -0.1) is 0 Å². The van der Waals surface area contributed by atoms with Crippen LogP contribution in [0.15, 0.2) is 97.2 Å². The highest BCUT2D eigenvalue weighted by atomic mass is 16.3. The van der Waals surface area contributed by atoms with Crippen LogP contribution in [0.3, 0.4) is 0 Å². The molecule has 0 aliphatic carbocycles. The molecular formula is C93H175N3O4. The third-order valence-corrected chi connectivity index (χ3v) is 20.4. The summed E-state index contributed by atoms with van der Waals surface area (Å²) in [5.41, 5.74) is 0. The Bertz CT molecular complexity index is 1570. The Morgan fingerprint density at radius 2 is 0.360 bits per heavy atom. The van der Waals surface area contributed by atoms with Crippen LogP contribution < -0.4 is 0 Å². The van der Waals surface area contributed by atoms with Gasteiger partial charge in [0.25, 0.3) is 0 Å². The highest BCUT2D eigenvalue weighted by molar-refractivity contribution is 4.96. The molecule has 4 N–H and O–H groups in total. The van der Waals surface area contributed by atoms with Crippen LogP contribution in [0.4, 0.5) is 0 Å². The van der Waals surface area contributed by atoms with Gasteiger partial charge in [0.1, 0.15) is 0 Å². The highest BCUT2D eigenvalue weighted by Crippen LogP contribution is 2.18. The van der Waals surface area contributed by atoms with E-state index < -0.39 is 24.4 Å². The van der Waals surface area contributed by atoms with Gasteiger partial charge in [0.2, 0.25) is 0 Å². The maximum Gasteiger partial charge on any atom is 0.0667 e. The summed E-state index contributed by atoms with van der Waals surface area (Å²) in [4.78, 5) is 7.07. The van der Waals surface area contributed by atoms with Crippen LogP contribution in [0.2, 0.25) is 0 Å². The zero-order chi connectivity index (χ0) is 72.4. The molecule has 0 aromatic rings. The Morgan fingerprint density at radius 1 is 0.200 bits per heavy atom. The summed E-state index contributed by atoms with van der Waals surface area (Å²) in [6.07, 6.45) is 109. The normalized spacial score (nSPS) is 14.0. The number of likely N-dealkylation sites (N-methyl/N-ethyl adjacent to an activating group) is 1. The average molecular weight is 1400 g/mol. The van der Waals surface area contributed by atoms with E-state index in [0.29, 0.717) is 26.2 Å². The fourth-order valence-electron chi connectivity index (χ4n) is 13.7. The summed E-state index contributed by atoms with van der Waals surface area (Å²) in [6.45, 7) is 14.8. The number of rotatable bonds is 82. The molecule has 0 saturated heterocycles. The van der Waals surface area contributed by atoms with Crippen LogP contribution in [0.1, 0.15) is 413 Å². The van der Waals surface area contributed by atoms with Crippen LogP contribution in [0.25, 0.3) is 0 Å². The van der Waals surface area contributed by atoms with Gasteiger partial charge in [-0.1, -0.05) is 356 Å². The Hall–Kier alpha value is -2.36. The first-order valence-electron chi connectivity index (χ1n) is 44.3. The van der Waals surface area contributed by atoms with Crippen LogP contribution in [0, 0.1) is 0 Å². The minimum Gasteiger partial charge on any atom is -0.392 e. The molecule has 4 atom stereocenters. The SMILES string of the molecule is CCCCCCC/C=C\C/C=C\CCCCCCCCC(O)CN(CCN(C)CCN(CC(O)CCCCCCCC/C=C\C/C=C\CCCCCCC)CC(O)CCCCCCCC/C=C\C/C=C\CCCCCCC)CC(O)CCCCCCCC/C=C\C/C=C\CCCCCCC. The quantitative estimate of drug-likeness (QED) is 0.0356. The number of hydrogen-bond acceptors (Lipinski definition) is 7. The van der Waals surface area contributed by atoms with Crippen molar-refractivity contribution in [3.05, 3.63) is 97.2 Å². The molecule has 7 nitrogen and oxygen atoms in total. The molecule has 0 spiro atoms. The van der Waals surface area contributed by atoms with Crippen LogP contribution in [-0.4, -0.2) is 119 Å². The lowest BCUT2D eigenvalue weighted by Gasteiger charge is -2.31. The second kappa shape index (κ2) is 83.9. The maximum atomic E-state index is 11.5. The van der Waals surface area contributed by atoms with Gasteiger partial charge in [-0.2, -0.15) is 0 Å². The maximum absolute atomic E-state index is 11.5. The molecule has 0 heterocycles. The average Bonchev–Trinajstić information content (AvgIpc) is 1.16. The first kappa shape index (κ1) is 97.6. The molecule has 0 aromatic heterocycles. The summed E-state index contributed by atoms with van der Waals surface area (Å²) in [5.74, 6) is 0. The van der Waals surface area contributed by atoms with Crippen molar-refractivity contribution in [1.29, 1.82) is 0 Å². The van der Waals surface area contributed by atoms with E-state index in [9.17, 15) is 20.4 Å². The second-order valence-corrected chi connectivity index (χ2v) is 30.8. The molecule has 0 aliphatic rings. The lowest BCUT2D eigenvalue weighted by molar-refractivity contribution is 0.0492. The molecule has 0 radical (unpaired) electrons. The first-order chi connectivity index (χ1) is 49.2. The number of nitrogens with zero attached hydrogens (tertiary/aromatic N) is 3. The van der Waals surface area contributed by atoms with Gasteiger partial charge < -0.3 is 25.3 Å². The number of unbranched alkanes of at least 4 members (excludes halogenated alkanes) is 44. The predicted molar refractivity (Wildman–Crippen MR) is 447 cm³/mol.